The number of carbonyl (C=O) groups is 2. The van der Waals surface area contributed by atoms with Crippen molar-refractivity contribution in [1.29, 1.82) is 0 Å². The number of non-ortho nitro benzene ring substituents is 1. The van der Waals surface area contributed by atoms with Crippen LogP contribution in [0.2, 0.25) is 0 Å². The molecule has 0 bridgehead atoms. The summed E-state index contributed by atoms with van der Waals surface area (Å²) in [6, 6.07) is 5.07. The van der Waals surface area contributed by atoms with E-state index in [0.717, 1.165) is 4.90 Å². The molecule has 1 fully saturated rings. The lowest BCUT2D eigenvalue weighted by Gasteiger charge is -2.38. The van der Waals surface area contributed by atoms with Crippen molar-refractivity contribution in [3.63, 3.8) is 0 Å². The van der Waals surface area contributed by atoms with Crippen molar-refractivity contribution in [3.05, 3.63) is 44.8 Å². The first kappa shape index (κ1) is 20.9. The molecule has 1 saturated heterocycles. The summed E-state index contributed by atoms with van der Waals surface area (Å²) >= 11 is 2.71. The zero-order chi connectivity index (χ0) is 20.0. The third-order valence-electron chi connectivity index (χ3n) is 3.51. The minimum Gasteiger partial charge on any atom is -0.461 e. The zero-order valence-corrected chi connectivity index (χ0v) is 16.0. The van der Waals surface area contributed by atoms with E-state index < -0.39 is 35.1 Å². The van der Waals surface area contributed by atoms with Crippen LogP contribution in [0.4, 0.5) is 5.69 Å². The Hall–Kier alpha value is -2.43. The van der Waals surface area contributed by atoms with Crippen LogP contribution in [0.3, 0.4) is 0 Å². The van der Waals surface area contributed by atoms with Gasteiger partial charge in [0.2, 0.25) is 0 Å². The average Bonchev–Trinajstić information content (AvgIpc) is 2.59. The van der Waals surface area contributed by atoms with Gasteiger partial charge >= 0.3 is 11.9 Å². The second-order valence-electron chi connectivity index (χ2n) is 5.49. The highest BCUT2D eigenvalue weighted by molar-refractivity contribution is 8.17. The molecule has 12 heteroatoms. The van der Waals surface area contributed by atoms with Crippen LogP contribution in [0.25, 0.3) is 10.4 Å². The van der Waals surface area contributed by atoms with Gasteiger partial charge in [0.15, 0.2) is 0 Å². The Bertz CT molecular complexity index is 768. The first-order chi connectivity index (χ1) is 12.8. The van der Waals surface area contributed by atoms with Gasteiger partial charge in [-0.15, -0.1) is 23.5 Å². The van der Waals surface area contributed by atoms with Crippen LogP contribution in [0.1, 0.15) is 13.8 Å². The van der Waals surface area contributed by atoms with Crippen molar-refractivity contribution in [3.8, 4) is 0 Å². The monoisotopic (exact) mass is 412 g/mol. The number of rotatable bonds is 6. The quantitative estimate of drug-likeness (QED) is 0.173. The number of ether oxygens (including phenoxy) is 2. The number of thioether (sulfide) groups is 2. The summed E-state index contributed by atoms with van der Waals surface area (Å²) < 4.78 is 10.2. The lowest BCUT2D eigenvalue weighted by Crippen LogP contribution is -2.50. The first-order valence-electron chi connectivity index (χ1n) is 7.73. The molecule has 2 rings (SSSR count). The van der Waals surface area contributed by atoms with Crippen molar-refractivity contribution in [2.45, 2.75) is 41.6 Å². The summed E-state index contributed by atoms with van der Waals surface area (Å²) in [6.07, 6.45) is -1.55. The predicted molar refractivity (Wildman–Crippen MR) is 99.2 cm³/mol. The van der Waals surface area contributed by atoms with Gasteiger partial charge in [0.25, 0.3) is 5.69 Å². The Balaban J connectivity index is 2.25. The van der Waals surface area contributed by atoms with E-state index in [2.05, 4.69) is 10.0 Å². The van der Waals surface area contributed by atoms with E-state index in [-0.39, 0.29) is 10.3 Å². The van der Waals surface area contributed by atoms with Crippen molar-refractivity contribution in [2.75, 3.05) is 5.75 Å². The largest absolute Gasteiger partial charge is 0.461 e. The van der Waals surface area contributed by atoms with E-state index in [1.54, 1.807) is 12.1 Å². The molecular formula is C15H16N4O6S2. The number of hydrogen-bond acceptors (Lipinski definition) is 9. The van der Waals surface area contributed by atoms with Gasteiger partial charge in [0.1, 0.15) is 18.2 Å². The first-order valence-corrected chi connectivity index (χ1v) is 9.66. The molecule has 0 N–H and O–H groups in total. The van der Waals surface area contributed by atoms with Gasteiger partial charge in [-0.25, -0.2) is 0 Å². The molecule has 1 aromatic carbocycles. The molecule has 0 amide bonds. The smallest absolute Gasteiger partial charge is 0.302 e. The SMILES string of the molecule is CC(=O)O[C@H]1[C@H](Sc2ccc([N+](=O)[O-])cc2)SC[C@@H](OC(C)=O)[C@@H]1N=[N+]=[N-]. The highest BCUT2D eigenvalue weighted by atomic mass is 32.2. The molecule has 1 aliphatic heterocycles. The molecule has 0 unspecified atom stereocenters. The van der Waals surface area contributed by atoms with Gasteiger partial charge in [-0.3, -0.25) is 19.7 Å². The highest BCUT2D eigenvalue weighted by Crippen LogP contribution is 2.42. The molecule has 0 aromatic heterocycles. The summed E-state index contributed by atoms with van der Waals surface area (Å²) in [4.78, 5) is 36.7. The highest BCUT2D eigenvalue weighted by Gasteiger charge is 2.44. The Kier molecular flexibility index (Phi) is 7.34. The van der Waals surface area contributed by atoms with Gasteiger partial charge in [0.05, 0.1) is 9.51 Å². The molecule has 1 aromatic rings. The third kappa shape index (κ3) is 5.78. The Labute approximate surface area is 162 Å². The van der Waals surface area contributed by atoms with Crippen LogP contribution in [0.15, 0.2) is 34.3 Å². The Morgan fingerprint density at radius 1 is 1.30 bits per heavy atom. The fraction of sp³-hybridized carbons (Fsp3) is 0.467. The molecule has 4 atom stereocenters. The van der Waals surface area contributed by atoms with Gasteiger partial charge in [-0.2, -0.15) is 0 Å². The summed E-state index contributed by atoms with van der Waals surface area (Å²) in [5.41, 5.74) is 8.85. The number of carbonyl (C=O) groups excluding carboxylic acids is 2. The van der Waals surface area contributed by atoms with Crippen molar-refractivity contribution in [1.82, 2.24) is 0 Å². The lowest BCUT2D eigenvalue weighted by atomic mass is 10.1. The third-order valence-corrected chi connectivity index (χ3v) is 6.37. The van der Waals surface area contributed by atoms with E-state index in [1.165, 1.54) is 49.5 Å². The molecule has 27 heavy (non-hydrogen) atoms. The standard InChI is InChI=1S/C15H16N4O6S2/c1-8(20)24-12-7-26-15(14(25-9(2)21)13(12)17-18-16)27-11-5-3-10(4-6-11)19(22)23/h3-6,12-15H,7H2,1-2H3/t12-,13+,14-,15+/m1/s1. The summed E-state index contributed by atoms with van der Waals surface area (Å²) in [5.74, 6) is -0.732. The van der Waals surface area contributed by atoms with Gasteiger partial charge in [-0.1, -0.05) is 5.11 Å². The number of hydrogen-bond donors (Lipinski definition) is 0. The summed E-state index contributed by atoms with van der Waals surface area (Å²) in [6.45, 7) is 2.48. The molecule has 0 spiro atoms. The lowest BCUT2D eigenvalue weighted by molar-refractivity contribution is -0.384. The molecule has 10 nitrogen and oxygen atoms in total. The minimum absolute atomic E-state index is 0.0333. The van der Waals surface area contributed by atoms with E-state index in [4.69, 9.17) is 15.0 Å². The van der Waals surface area contributed by atoms with E-state index in [1.807, 2.05) is 0 Å². The number of nitro groups is 1. The van der Waals surface area contributed by atoms with Crippen LogP contribution in [-0.2, 0) is 19.1 Å². The molecule has 1 heterocycles. The van der Waals surface area contributed by atoms with Crippen LogP contribution in [0, 0.1) is 10.1 Å². The summed E-state index contributed by atoms with van der Waals surface area (Å²) in [7, 11) is 0. The number of esters is 2. The number of nitrogens with zero attached hydrogens (tertiary/aromatic N) is 4. The topological polar surface area (TPSA) is 145 Å². The second-order valence-corrected chi connectivity index (χ2v) is 8.18. The number of benzene rings is 1. The predicted octanol–water partition coefficient (Wildman–Crippen LogP) is 3.30. The van der Waals surface area contributed by atoms with E-state index in [9.17, 15) is 19.7 Å². The van der Waals surface area contributed by atoms with Gasteiger partial charge in [-0.05, 0) is 17.7 Å². The van der Waals surface area contributed by atoms with Crippen molar-refractivity contribution < 1.29 is 24.0 Å². The maximum absolute atomic E-state index is 11.6. The van der Waals surface area contributed by atoms with Crippen molar-refractivity contribution in [2.24, 2.45) is 5.11 Å². The van der Waals surface area contributed by atoms with E-state index in [0.29, 0.717) is 5.75 Å². The van der Waals surface area contributed by atoms with Crippen LogP contribution < -0.4 is 0 Å². The Morgan fingerprint density at radius 2 is 1.93 bits per heavy atom. The minimum atomic E-state index is -0.875. The maximum atomic E-state index is 11.6. The molecule has 0 saturated carbocycles. The maximum Gasteiger partial charge on any atom is 0.302 e. The Morgan fingerprint density at radius 3 is 2.44 bits per heavy atom. The molecule has 0 aliphatic carbocycles. The molecule has 144 valence electrons. The number of azide groups is 1. The fourth-order valence-electron chi connectivity index (χ4n) is 2.47. The zero-order valence-electron chi connectivity index (χ0n) is 14.4. The average molecular weight is 412 g/mol. The number of nitro benzene ring substituents is 1. The van der Waals surface area contributed by atoms with Crippen LogP contribution >= 0.6 is 23.5 Å². The van der Waals surface area contributed by atoms with E-state index >= 15 is 0 Å². The normalized spacial score (nSPS) is 24.4. The van der Waals surface area contributed by atoms with Gasteiger partial charge < -0.3 is 9.47 Å². The second kappa shape index (κ2) is 9.49. The fourth-order valence-corrected chi connectivity index (χ4v) is 5.27. The van der Waals surface area contributed by atoms with Gasteiger partial charge in [0, 0.05) is 41.5 Å². The molecule has 1 aliphatic rings. The van der Waals surface area contributed by atoms with Crippen LogP contribution in [-0.4, -0.2) is 45.4 Å². The molecule has 0 radical (unpaired) electrons. The van der Waals surface area contributed by atoms with Crippen LogP contribution in [0.5, 0.6) is 0 Å². The molecular weight excluding hydrogens is 396 g/mol. The van der Waals surface area contributed by atoms with Crippen molar-refractivity contribution >= 4 is 41.1 Å². The summed E-state index contributed by atoms with van der Waals surface area (Å²) in [5, 5.41) is 14.5.